The number of nitrogens with zero attached hydrogens (tertiary/aromatic N) is 1. The highest BCUT2D eigenvalue weighted by Gasteiger charge is 2.31. The maximum Gasteiger partial charge on any atom is 0.323 e. The summed E-state index contributed by atoms with van der Waals surface area (Å²) < 4.78 is 0. The van der Waals surface area contributed by atoms with E-state index in [0.29, 0.717) is 13.0 Å². The van der Waals surface area contributed by atoms with Crippen LogP contribution in [0.5, 0.6) is 0 Å². The molecule has 112 valence electrons. The second-order valence-electron chi connectivity index (χ2n) is 6.18. The van der Waals surface area contributed by atoms with E-state index < -0.39 is 11.5 Å². The van der Waals surface area contributed by atoms with Crippen molar-refractivity contribution in [2.75, 3.05) is 26.7 Å². The van der Waals surface area contributed by atoms with E-state index in [1.54, 1.807) is 6.92 Å². The van der Waals surface area contributed by atoms with Crippen LogP contribution < -0.4 is 5.32 Å². The van der Waals surface area contributed by atoms with Crippen molar-refractivity contribution in [2.45, 2.75) is 57.9 Å². The number of aliphatic carboxylic acids is 1. The van der Waals surface area contributed by atoms with Crippen LogP contribution in [0.15, 0.2) is 0 Å². The van der Waals surface area contributed by atoms with Gasteiger partial charge in [0.25, 0.3) is 0 Å². The highest BCUT2D eigenvalue weighted by Crippen LogP contribution is 2.25. The smallest absolute Gasteiger partial charge is 0.323 e. The molecule has 19 heavy (non-hydrogen) atoms. The van der Waals surface area contributed by atoms with E-state index >= 15 is 0 Å². The molecule has 1 aliphatic carbocycles. The van der Waals surface area contributed by atoms with Gasteiger partial charge in [-0.3, -0.25) is 4.79 Å². The normalized spacial score (nSPS) is 19.8. The Morgan fingerprint density at radius 1 is 1.42 bits per heavy atom. The van der Waals surface area contributed by atoms with Gasteiger partial charge in [-0.1, -0.05) is 19.8 Å². The van der Waals surface area contributed by atoms with Gasteiger partial charge in [-0.2, -0.15) is 0 Å². The van der Waals surface area contributed by atoms with Gasteiger partial charge in [-0.25, -0.2) is 0 Å². The van der Waals surface area contributed by atoms with Gasteiger partial charge < -0.3 is 15.3 Å². The van der Waals surface area contributed by atoms with E-state index in [2.05, 4.69) is 17.3 Å². The van der Waals surface area contributed by atoms with Gasteiger partial charge in [0.15, 0.2) is 0 Å². The lowest BCUT2D eigenvalue weighted by Gasteiger charge is -2.27. The Morgan fingerprint density at radius 2 is 2.05 bits per heavy atom. The second kappa shape index (κ2) is 7.85. The molecular weight excluding hydrogens is 240 g/mol. The summed E-state index contributed by atoms with van der Waals surface area (Å²) in [4.78, 5) is 13.7. The van der Waals surface area contributed by atoms with Crippen LogP contribution in [0.4, 0.5) is 0 Å². The fourth-order valence-electron chi connectivity index (χ4n) is 3.09. The minimum atomic E-state index is -0.775. The Hall–Kier alpha value is -0.610. The molecule has 1 atom stereocenters. The first-order valence-corrected chi connectivity index (χ1v) is 7.65. The number of carbonyl (C=O) groups is 1. The Labute approximate surface area is 117 Å². The molecular formula is C15H30N2O2. The van der Waals surface area contributed by atoms with Crippen LogP contribution in [0.3, 0.4) is 0 Å². The summed E-state index contributed by atoms with van der Waals surface area (Å²) in [6.07, 6.45) is 7.12. The summed E-state index contributed by atoms with van der Waals surface area (Å²) in [6, 6.07) is 0. The average Bonchev–Trinajstić information content (AvgIpc) is 2.81. The summed E-state index contributed by atoms with van der Waals surface area (Å²) in [5.41, 5.74) is -0.775. The van der Waals surface area contributed by atoms with Gasteiger partial charge in [-0.05, 0) is 58.7 Å². The highest BCUT2D eigenvalue weighted by molar-refractivity contribution is 5.78. The maximum absolute atomic E-state index is 11.3. The standard InChI is InChI=1S/C15H30N2O2/c1-4-16-15(2,14(18)19)10-7-11-17(3)12-13-8-5-6-9-13/h13,16H,4-12H2,1-3H3,(H,18,19). The molecule has 0 aromatic rings. The Morgan fingerprint density at radius 3 is 2.58 bits per heavy atom. The molecule has 1 aliphatic rings. The highest BCUT2D eigenvalue weighted by atomic mass is 16.4. The minimum absolute atomic E-state index is 0.686. The number of likely N-dealkylation sites (N-methyl/N-ethyl adjacent to an activating group) is 1. The molecule has 2 N–H and O–H groups in total. The van der Waals surface area contributed by atoms with E-state index in [4.69, 9.17) is 0 Å². The number of nitrogens with one attached hydrogen (secondary N) is 1. The molecule has 1 fully saturated rings. The lowest BCUT2D eigenvalue weighted by Crippen LogP contribution is -2.49. The molecule has 1 rings (SSSR count). The quantitative estimate of drug-likeness (QED) is 0.675. The van der Waals surface area contributed by atoms with Gasteiger partial charge in [0.1, 0.15) is 5.54 Å². The van der Waals surface area contributed by atoms with Crippen LogP contribution in [0, 0.1) is 5.92 Å². The van der Waals surface area contributed by atoms with Crippen molar-refractivity contribution in [3.8, 4) is 0 Å². The Bertz CT molecular complexity index is 277. The molecule has 0 aromatic carbocycles. The third kappa shape index (κ3) is 5.49. The van der Waals surface area contributed by atoms with Gasteiger partial charge >= 0.3 is 5.97 Å². The van der Waals surface area contributed by atoms with Crippen LogP contribution in [-0.4, -0.2) is 48.2 Å². The van der Waals surface area contributed by atoms with E-state index in [9.17, 15) is 9.90 Å². The molecule has 4 nitrogen and oxygen atoms in total. The van der Waals surface area contributed by atoms with Gasteiger partial charge in [-0.15, -0.1) is 0 Å². The third-order valence-electron chi connectivity index (χ3n) is 4.30. The van der Waals surface area contributed by atoms with Crippen LogP contribution in [0.1, 0.15) is 52.4 Å². The van der Waals surface area contributed by atoms with Crippen molar-refractivity contribution < 1.29 is 9.90 Å². The molecule has 0 aromatic heterocycles. The van der Waals surface area contributed by atoms with Crippen LogP contribution in [0.25, 0.3) is 0 Å². The van der Waals surface area contributed by atoms with Crippen molar-refractivity contribution in [2.24, 2.45) is 5.92 Å². The second-order valence-corrected chi connectivity index (χ2v) is 6.18. The van der Waals surface area contributed by atoms with E-state index in [1.807, 2.05) is 6.92 Å². The van der Waals surface area contributed by atoms with Crippen molar-refractivity contribution in [1.29, 1.82) is 0 Å². The van der Waals surface area contributed by atoms with Gasteiger partial charge in [0.2, 0.25) is 0 Å². The zero-order valence-electron chi connectivity index (χ0n) is 12.7. The van der Waals surface area contributed by atoms with Crippen molar-refractivity contribution in [3.05, 3.63) is 0 Å². The SMILES string of the molecule is CCNC(C)(CCCN(C)CC1CCCC1)C(=O)O. The topological polar surface area (TPSA) is 52.6 Å². The monoisotopic (exact) mass is 270 g/mol. The maximum atomic E-state index is 11.3. The van der Waals surface area contributed by atoms with Crippen molar-refractivity contribution in [1.82, 2.24) is 10.2 Å². The summed E-state index contributed by atoms with van der Waals surface area (Å²) in [6.45, 7) is 6.60. The largest absolute Gasteiger partial charge is 0.480 e. The molecule has 0 spiro atoms. The number of hydrogen-bond acceptors (Lipinski definition) is 3. The van der Waals surface area contributed by atoms with Crippen LogP contribution in [0.2, 0.25) is 0 Å². The molecule has 0 aliphatic heterocycles. The van der Waals surface area contributed by atoms with Crippen molar-refractivity contribution in [3.63, 3.8) is 0 Å². The van der Waals surface area contributed by atoms with Gasteiger partial charge in [0, 0.05) is 6.54 Å². The van der Waals surface area contributed by atoms with Crippen molar-refractivity contribution >= 4 is 5.97 Å². The lowest BCUT2D eigenvalue weighted by molar-refractivity contribution is -0.144. The molecule has 0 radical (unpaired) electrons. The first kappa shape index (κ1) is 16.4. The first-order chi connectivity index (χ1) is 8.98. The zero-order valence-corrected chi connectivity index (χ0v) is 12.7. The number of carboxylic acids is 1. The average molecular weight is 270 g/mol. The summed E-state index contributed by atoms with van der Waals surface area (Å²) in [7, 11) is 2.16. The minimum Gasteiger partial charge on any atom is -0.480 e. The summed E-state index contributed by atoms with van der Waals surface area (Å²) >= 11 is 0. The lowest BCUT2D eigenvalue weighted by atomic mass is 9.95. The molecule has 1 unspecified atom stereocenters. The van der Waals surface area contributed by atoms with Crippen LogP contribution >= 0.6 is 0 Å². The molecule has 0 heterocycles. The molecule has 0 amide bonds. The summed E-state index contributed by atoms with van der Waals surface area (Å²) in [5, 5.41) is 12.4. The molecule has 0 bridgehead atoms. The predicted octanol–water partition coefficient (Wildman–Crippen LogP) is 2.34. The Kier molecular flexibility index (Phi) is 6.80. The van der Waals surface area contributed by atoms with Gasteiger partial charge in [0.05, 0.1) is 0 Å². The summed E-state index contributed by atoms with van der Waals surface area (Å²) in [5.74, 6) is 0.123. The fraction of sp³-hybridized carbons (Fsp3) is 0.933. The fourth-order valence-corrected chi connectivity index (χ4v) is 3.09. The Balaban J connectivity index is 2.25. The molecule has 0 saturated heterocycles. The third-order valence-corrected chi connectivity index (χ3v) is 4.30. The number of rotatable bonds is 9. The molecule has 1 saturated carbocycles. The first-order valence-electron chi connectivity index (χ1n) is 7.65. The zero-order chi connectivity index (χ0) is 14.3. The van der Waals surface area contributed by atoms with E-state index in [-0.39, 0.29) is 0 Å². The predicted molar refractivity (Wildman–Crippen MR) is 78.4 cm³/mol. The number of hydrogen-bond donors (Lipinski definition) is 2. The van der Waals surface area contributed by atoms with E-state index in [1.165, 1.54) is 32.2 Å². The van der Waals surface area contributed by atoms with Crippen LogP contribution in [-0.2, 0) is 4.79 Å². The molecule has 4 heteroatoms. The number of carboxylic acid groups (broad SMARTS) is 1. The van der Waals surface area contributed by atoms with E-state index in [0.717, 1.165) is 18.9 Å².